The molecule has 146 valence electrons. The topological polar surface area (TPSA) is 115 Å². The lowest BCUT2D eigenvalue weighted by Crippen LogP contribution is -2.41. The lowest BCUT2D eigenvalue weighted by molar-refractivity contribution is -0.130. The highest BCUT2D eigenvalue weighted by molar-refractivity contribution is 6.05. The summed E-state index contributed by atoms with van der Waals surface area (Å²) in [7, 11) is 0. The summed E-state index contributed by atoms with van der Waals surface area (Å²) in [4.78, 5) is 38.1. The third kappa shape index (κ3) is 4.35. The largest absolute Gasteiger partial charge is 0.494 e. The highest BCUT2D eigenvalue weighted by Crippen LogP contribution is 2.22. The van der Waals surface area contributed by atoms with E-state index < -0.39 is 12.1 Å². The van der Waals surface area contributed by atoms with Gasteiger partial charge < -0.3 is 15.8 Å². The van der Waals surface area contributed by atoms with E-state index in [1.165, 1.54) is 11.2 Å². The standard InChI is InChI=1S/C19H22N6O3/c1-21-16-4-2-8-25(16)17(26)11-22-19(27)18-14-10-13(28-9-3-7-20)5-6-15(14)23-12-24-18/h5-6,10,12,16H,2-4,7-9,11,20H2,(H,22,27). The Morgan fingerprint density at radius 1 is 1.39 bits per heavy atom. The Morgan fingerprint density at radius 3 is 3.04 bits per heavy atom. The van der Waals surface area contributed by atoms with Gasteiger partial charge in [-0.15, -0.1) is 0 Å². The number of nitrogens with two attached hydrogens (primary N) is 1. The van der Waals surface area contributed by atoms with Gasteiger partial charge in [0.15, 0.2) is 0 Å². The zero-order valence-electron chi connectivity index (χ0n) is 15.4. The Morgan fingerprint density at radius 2 is 2.25 bits per heavy atom. The molecule has 0 radical (unpaired) electrons. The van der Waals surface area contributed by atoms with Crippen molar-refractivity contribution in [1.29, 1.82) is 0 Å². The second kappa shape index (κ2) is 9.10. The molecule has 2 aromatic rings. The zero-order valence-corrected chi connectivity index (χ0v) is 15.4. The van der Waals surface area contributed by atoms with E-state index in [4.69, 9.17) is 17.0 Å². The van der Waals surface area contributed by atoms with Crippen LogP contribution >= 0.6 is 0 Å². The van der Waals surface area contributed by atoms with Gasteiger partial charge in [0.05, 0.1) is 18.7 Å². The number of hydrogen-bond donors (Lipinski definition) is 2. The Kier molecular flexibility index (Phi) is 6.34. The molecule has 1 unspecified atom stereocenters. The van der Waals surface area contributed by atoms with Crippen LogP contribution in [0.5, 0.6) is 5.75 Å². The monoisotopic (exact) mass is 382 g/mol. The summed E-state index contributed by atoms with van der Waals surface area (Å²) >= 11 is 0. The number of likely N-dealkylation sites (tertiary alicyclic amines) is 1. The first kappa shape index (κ1) is 19.5. The van der Waals surface area contributed by atoms with Gasteiger partial charge in [0.2, 0.25) is 5.91 Å². The quantitative estimate of drug-likeness (QED) is 0.544. The zero-order chi connectivity index (χ0) is 19.9. The summed E-state index contributed by atoms with van der Waals surface area (Å²) < 4.78 is 5.62. The predicted octanol–water partition coefficient (Wildman–Crippen LogP) is 0.955. The first-order valence-electron chi connectivity index (χ1n) is 9.16. The van der Waals surface area contributed by atoms with E-state index in [0.717, 1.165) is 12.8 Å². The minimum absolute atomic E-state index is 0.172. The van der Waals surface area contributed by atoms with Crippen molar-refractivity contribution in [3.8, 4) is 5.75 Å². The Bertz CT molecular complexity index is 910. The van der Waals surface area contributed by atoms with Crippen LogP contribution in [0.25, 0.3) is 15.7 Å². The minimum Gasteiger partial charge on any atom is -0.494 e. The van der Waals surface area contributed by atoms with Gasteiger partial charge in [-0.25, -0.2) is 16.5 Å². The number of fused-ring (bicyclic) bond motifs is 1. The first-order valence-corrected chi connectivity index (χ1v) is 9.16. The third-order valence-corrected chi connectivity index (χ3v) is 4.53. The van der Waals surface area contributed by atoms with Crippen molar-refractivity contribution in [2.75, 3.05) is 26.2 Å². The smallest absolute Gasteiger partial charge is 0.300 e. The van der Waals surface area contributed by atoms with Gasteiger partial charge in [-0.2, -0.15) is 0 Å². The number of benzene rings is 1. The summed E-state index contributed by atoms with van der Waals surface area (Å²) in [6.45, 7) is 8.53. The van der Waals surface area contributed by atoms with Gasteiger partial charge in [-0.1, -0.05) is 0 Å². The van der Waals surface area contributed by atoms with Gasteiger partial charge in [0.1, 0.15) is 17.8 Å². The molecule has 3 rings (SSSR count). The molecule has 9 nitrogen and oxygen atoms in total. The van der Waals surface area contributed by atoms with Crippen LogP contribution in [0.3, 0.4) is 0 Å². The normalized spacial score (nSPS) is 16.0. The van der Waals surface area contributed by atoms with E-state index in [-0.39, 0.29) is 18.1 Å². The number of carbonyl (C=O) groups is 2. The second-order valence-electron chi connectivity index (χ2n) is 6.41. The van der Waals surface area contributed by atoms with Crippen LogP contribution in [0.4, 0.5) is 0 Å². The molecular formula is C19H22N6O3. The molecule has 2 amide bonds. The van der Waals surface area contributed by atoms with Gasteiger partial charge >= 0.3 is 6.17 Å². The molecule has 1 aromatic carbocycles. The van der Waals surface area contributed by atoms with Crippen LogP contribution in [0.15, 0.2) is 24.5 Å². The predicted molar refractivity (Wildman–Crippen MR) is 102 cm³/mol. The summed E-state index contributed by atoms with van der Waals surface area (Å²) in [6.07, 6.45) is 3.07. The number of amides is 2. The molecule has 1 saturated heterocycles. The van der Waals surface area contributed by atoms with Crippen LogP contribution in [-0.4, -0.2) is 59.1 Å². The van der Waals surface area contributed by atoms with Gasteiger partial charge in [-0.3, -0.25) is 19.3 Å². The van der Waals surface area contributed by atoms with Crippen molar-refractivity contribution < 1.29 is 14.3 Å². The number of nitrogens with zero attached hydrogens (tertiary/aromatic N) is 4. The van der Waals surface area contributed by atoms with E-state index >= 15 is 0 Å². The number of carbonyl (C=O) groups excluding carboxylic acids is 2. The molecule has 1 fully saturated rings. The van der Waals surface area contributed by atoms with Crippen molar-refractivity contribution in [2.45, 2.75) is 25.4 Å². The van der Waals surface area contributed by atoms with Gasteiger partial charge in [0, 0.05) is 18.4 Å². The molecule has 1 aliphatic heterocycles. The van der Waals surface area contributed by atoms with Crippen molar-refractivity contribution in [3.63, 3.8) is 0 Å². The van der Waals surface area contributed by atoms with E-state index in [0.29, 0.717) is 42.8 Å². The van der Waals surface area contributed by atoms with Crippen LogP contribution in [0, 0.1) is 6.57 Å². The Balaban J connectivity index is 1.71. The molecule has 28 heavy (non-hydrogen) atoms. The molecule has 1 aliphatic rings. The molecule has 0 spiro atoms. The van der Waals surface area contributed by atoms with Gasteiger partial charge in [0.25, 0.3) is 5.91 Å². The Labute approximate surface area is 162 Å². The number of hydrogen-bond acceptors (Lipinski definition) is 6. The van der Waals surface area contributed by atoms with Crippen LogP contribution in [0.2, 0.25) is 0 Å². The fraction of sp³-hybridized carbons (Fsp3) is 0.421. The molecule has 0 bridgehead atoms. The maximum atomic E-state index is 12.6. The average Bonchev–Trinajstić information content (AvgIpc) is 3.20. The third-order valence-electron chi connectivity index (χ3n) is 4.53. The van der Waals surface area contributed by atoms with Gasteiger partial charge in [-0.05, 0) is 37.6 Å². The first-order chi connectivity index (χ1) is 13.6. The number of ether oxygens (including phenoxy) is 1. The van der Waals surface area contributed by atoms with Crippen LogP contribution < -0.4 is 15.8 Å². The molecule has 9 heteroatoms. The molecule has 2 heterocycles. The summed E-state index contributed by atoms with van der Waals surface area (Å²) in [5.41, 5.74) is 6.24. The number of rotatable bonds is 7. The molecule has 0 saturated carbocycles. The SMILES string of the molecule is [C-]#[N+]C1CCCN1C(=O)CNC(=O)c1ncnc2ccc(OCCCN)cc12. The van der Waals surface area contributed by atoms with Crippen molar-refractivity contribution in [2.24, 2.45) is 5.73 Å². The summed E-state index contributed by atoms with van der Waals surface area (Å²) in [5.74, 6) is -0.146. The fourth-order valence-corrected chi connectivity index (χ4v) is 3.10. The molecule has 0 aliphatic carbocycles. The highest BCUT2D eigenvalue weighted by Gasteiger charge is 2.32. The summed E-state index contributed by atoms with van der Waals surface area (Å²) in [6, 6.07) is 5.23. The van der Waals surface area contributed by atoms with Crippen LogP contribution in [-0.2, 0) is 4.79 Å². The average molecular weight is 382 g/mol. The molecule has 1 aromatic heterocycles. The minimum atomic E-state index is -0.474. The molecule has 3 N–H and O–H groups in total. The number of aromatic nitrogens is 2. The van der Waals surface area contributed by atoms with Crippen LogP contribution in [0.1, 0.15) is 29.8 Å². The maximum absolute atomic E-state index is 12.6. The van der Waals surface area contributed by atoms with E-state index in [1.807, 2.05) is 0 Å². The molecule has 1 atom stereocenters. The number of nitrogens with one attached hydrogen (secondary N) is 1. The fourth-order valence-electron chi connectivity index (χ4n) is 3.10. The highest BCUT2D eigenvalue weighted by atomic mass is 16.5. The Hall–Kier alpha value is -3.25. The van der Waals surface area contributed by atoms with Crippen molar-refractivity contribution in [1.82, 2.24) is 20.2 Å². The molecular weight excluding hydrogens is 360 g/mol. The van der Waals surface area contributed by atoms with E-state index in [1.54, 1.807) is 18.2 Å². The maximum Gasteiger partial charge on any atom is 0.300 e. The van der Waals surface area contributed by atoms with E-state index in [9.17, 15) is 9.59 Å². The lowest BCUT2D eigenvalue weighted by Gasteiger charge is -2.16. The second-order valence-corrected chi connectivity index (χ2v) is 6.41. The van der Waals surface area contributed by atoms with Crippen molar-refractivity contribution in [3.05, 3.63) is 41.6 Å². The lowest BCUT2D eigenvalue weighted by atomic mass is 10.1. The summed E-state index contributed by atoms with van der Waals surface area (Å²) in [5, 5.41) is 3.14. The van der Waals surface area contributed by atoms with E-state index in [2.05, 4.69) is 20.1 Å². The van der Waals surface area contributed by atoms with Crippen molar-refractivity contribution >= 4 is 22.7 Å².